The van der Waals surface area contributed by atoms with Crippen LogP contribution in [-0.2, 0) is 0 Å². The second kappa shape index (κ2) is 11.4. The molecule has 7 heteroatoms. The Kier molecular flexibility index (Phi) is 8.28. The van der Waals surface area contributed by atoms with Crippen molar-refractivity contribution in [1.29, 1.82) is 0 Å². The fourth-order valence-corrected chi connectivity index (χ4v) is 5.08. The first-order chi connectivity index (χ1) is 17.2. The highest BCUT2D eigenvalue weighted by molar-refractivity contribution is 5.95. The Balaban J connectivity index is 1.35. The summed E-state index contributed by atoms with van der Waals surface area (Å²) in [5, 5.41) is 9.86. The summed E-state index contributed by atoms with van der Waals surface area (Å²) >= 11 is 0. The molecule has 0 aliphatic carbocycles. The lowest BCUT2D eigenvalue weighted by Crippen LogP contribution is -2.42. The Morgan fingerprint density at radius 2 is 1.81 bits per heavy atom. The van der Waals surface area contributed by atoms with Crippen LogP contribution in [-0.4, -0.2) is 71.9 Å². The Labute approximate surface area is 213 Å². The highest BCUT2D eigenvalue weighted by Crippen LogP contribution is 2.34. The Morgan fingerprint density at radius 3 is 2.44 bits per heavy atom. The molecule has 0 bridgehead atoms. The summed E-state index contributed by atoms with van der Waals surface area (Å²) in [6, 6.07) is 13.0. The smallest absolute Gasteiger partial charge is 0.253 e. The van der Waals surface area contributed by atoms with Gasteiger partial charge >= 0.3 is 0 Å². The summed E-state index contributed by atoms with van der Waals surface area (Å²) in [7, 11) is 0. The van der Waals surface area contributed by atoms with Gasteiger partial charge in [0.1, 0.15) is 11.4 Å². The van der Waals surface area contributed by atoms with Gasteiger partial charge in [0.15, 0.2) is 0 Å². The van der Waals surface area contributed by atoms with Crippen molar-refractivity contribution in [3.63, 3.8) is 0 Å². The number of ether oxygens (including phenoxy) is 1. The summed E-state index contributed by atoms with van der Waals surface area (Å²) in [5.41, 5.74) is 1.70. The minimum Gasteiger partial charge on any atom is -0.504 e. The molecule has 1 amide bonds. The maximum atomic E-state index is 13.9. The van der Waals surface area contributed by atoms with Gasteiger partial charge in [-0.15, -0.1) is 0 Å². The average molecular weight is 494 g/mol. The predicted octanol–water partition coefficient (Wildman–Crippen LogP) is 5.34. The van der Waals surface area contributed by atoms with E-state index >= 15 is 0 Å². The zero-order valence-corrected chi connectivity index (χ0v) is 21.3. The molecular weight excluding hydrogens is 457 g/mol. The summed E-state index contributed by atoms with van der Waals surface area (Å²) in [4.78, 5) is 20.3. The second-order valence-corrected chi connectivity index (χ2v) is 10.7. The van der Waals surface area contributed by atoms with E-state index in [1.165, 1.54) is 0 Å². The van der Waals surface area contributed by atoms with Crippen molar-refractivity contribution in [3.05, 3.63) is 59.4 Å². The Bertz CT molecular complexity index is 1080. The molecule has 0 spiro atoms. The third-order valence-electron chi connectivity index (χ3n) is 7.01. The molecule has 2 aromatic rings. The maximum absolute atomic E-state index is 13.9. The maximum Gasteiger partial charge on any atom is 0.253 e. The third kappa shape index (κ3) is 6.83. The number of benzene rings is 2. The van der Waals surface area contributed by atoms with Gasteiger partial charge in [-0.2, -0.15) is 0 Å². The number of piperidine rings is 2. The van der Waals surface area contributed by atoms with Crippen LogP contribution < -0.4 is 4.74 Å². The van der Waals surface area contributed by atoms with Crippen molar-refractivity contribution in [1.82, 2.24) is 9.80 Å². The van der Waals surface area contributed by atoms with E-state index in [1.54, 1.807) is 30.9 Å². The van der Waals surface area contributed by atoms with Gasteiger partial charge in [0.05, 0.1) is 19.3 Å². The van der Waals surface area contributed by atoms with Crippen molar-refractivity contribution in [2.45, 2.75) is 51.3 Å². The molecule has 192 valence electrons. The van der Waals surface area contributed by atoms with Crippen LogP contribution in [0.5, 0.6) is 5.75 Å². The van der Waals surface area contributed by atoms with E-state index in [1.807, 2.05) is 30.3 Å². The molecule has 36 heavy (non-hydrogen) atoms. The number of carbonyl (C=O) groups excluding carboxylic acids is 1. The van der Waals surface area contributed by atoms with Crippen molar-refractivity contribution < 1.29 is 19.0 Å². The van der Waals surface area contributed by atoms with E-state index < -0.39 is 11.8 Å². The van der Waals surface area contributed by atoms with E-state index in [0.717, 1.165) is 49.9 Å². The minimum absolute atomic E-state index is 0.0647. The molecule has 6 nitrogen and oxygen atoms in total. The third-order valence-corrected chi connectivity index (χ3v) is 7.01. The number of rotatable bonds is 7. The fourth-order valence-electron chi connectivity index (χ4n) is 5.08. The number of alkyl halides is 1. The van der Waals surface area contributed by atoms with Gasteiger partial charge in [-0.05, 0) is 93.9 Å². The van der Waals surface area contributed by atoms with Gasteiger partial charge in [-0.25, -0.2) is 9.24 Å². The normalized spacial score (nSPS) is 19.6. The van der Waals surface area contributed by atoms with E-state index in [-0.39, 0.29) is 5.91 Å². The first-order valence-corrected chi connectivity index (χ1v) is 12.9. The standard InChI is InChI=1S/C29H36FN3O3/c1-29(2,30)20-32-15-12-21(13-16-32)19-36-27-11-10-24(17-26(27)31-3)22-6-8-23(9-7-22)28(35)33-14-4-5-25(34)18-33/h6-11,17,21,25,34H,4-5,12-16,18-20H2,1-2H3/t25-/m0/s1. The molecule has 2 aromatic carbocycles. The lowest BCUT2D eigenvalue weighted by atomic mass is 9.96. The number of halogens is 1. The van der Waals surface area contributed by atoms with Crippen molar-refractivity contribution in [2.24, 2.45) is 5.92 Å². The number of aliphatic hydroxyl groups excluding tert-OH is 1. The number of hydrogen-bond acceptors (Lipinski definition) is 4. The van der Waals surface area contributed by atoms with Crippen LogP contribution in [0.1, 0.15) is 49.9 Å². The van der Waals surface area contributed by atoms with Crippen molar-refractivity contribution in [2.75, 3.05) is 39.3 Å². The van der Waals surface area contributed by atoms with E-state index in [4.69, 9.17) is 11.3 Å². The molecule has 0 saturated carbocycles. The quantitative estimate of drug-likeness (QED) is 0.529. The molecule has 1 N–H and O–H groups in total. The van der Waals surface area contributed by atoms with E-state index in [9.17, 15) is 14.3 Å². The van der Waals surface area contributed by atoms with Crippen molar-refractivity contribution >= 4 is 11.6 Å². The molecule has 4 rings (SSSR count). The van der Waals surface area contributed by atoms with Crippen LogP contribution in [0.15, 0.2) is 42.5 Å². The second-order valence-electron chi connectivity index (χ2n) is 10.7. The number of nitrogens with zero attached hydrogens (tertiary/aromatic N) is 3. The van der Waals surface area contributed by atoms with Crippen LogP contribution in [0.25, 0.3) is 16.0 Å². The van der Waals surface area contributed by atoms with Gasteiger partial charge in [-0.1, -0.05) is 18.2 Å². The van der Waals surface area contributed by atoms with Gasteiger partial charge in [0, 0.05) is 25.2 Å². The first-order valence-electron chi connectivity index (χ1n) is 12.9. The van der Waals surface area contributed by atoms with Crippen LogP contribution in [0.3, 0.4) is 0 Å². The molecule has 2 aliphatic rings. The zero-order valence-electron chi connectivity index (χ0n) is 21.3. The molecule has 2 fully saturated rings. The van der Waals surface area contributed by atoms with Gasteiger partial charge in [0.2, 0.25) is 5.69 Å². The average Bonchev–Trinajstić information content (AvgIpc) is 2.87. The summed E-state index contributed by atoms with van der Waals surface area (Å²) < 4.78 is 19.9. The number of likely N-dealkylation sites (tertiary alicyclic amines) is 2. The predicted molar refractivity (Wildman–Crippen MR) is 139 cm³/mol. The molecule has 0 radical (unpaired) electrons. The summed E-state index contributed by atoms with van der Waals surface area (Å²) in [6.45, 7) is 14.7. The molecule has 1 atom stereocenters. The van der Waals surface area contributed by atoms with E-state index in [2.05, 4.69) is 9.74 Å². The number of hydrogen-bond donors (Lipinski definition) is 1. The molecular formula is C29H36FN3O3. The van der Waals surface area contributed by atoms with Crippen LogP contribution in [0.4, 0.5) is 10.1 Å². The topological polar surface area (TPSA) is 57.4 Å². The lowest BCUT2D eigenvalue weighted by Gasteiger charge is -2.34. The molecule has 2 saturated heterocycles. The largest absolute Gasteiger partial charge is 0.504 e. The van der Waals surface area contributed by atoms with Crippen molar-refractivity contribution in [3.8, 4) is 16.9 Å². The summed E-state index contributed by atoms with van der Waals surface area (Å²) in [5.74, 6) is 0.912. The first kappa shape index (κ1) is 26.1. The molecule has 0 unspecified atom stereocenters. The number of aliphatic hydroxyl groups is 1. The van der Waals surface area contributed by atoms with Crippen LogP contribution >= 0.6 is 0 Å². The SMILES string of the molecule is [C-]#[N+]c1cc(-c2ccc(C(=O)N3CCC[C@H](O)C3)cc2)ccc1OCC1CCN(CC(C)(C)F)CC1. The molecule has 0 aromatic heterocycles. The highest BCUT2D eigenvalue weighted by atomic mass is 19.1. The highest BCUT2D eigenvalue weighted by Gasteiger charge is 2.26. The Hall–Kier alpha value is -2.95. The minimum atomic E-state index is -1.18. The van der Waals surface area contributed by atoms with Gasteiger partial charge in [0.25, 0.3) is 5.91 Å². The lowest BCUT2D eigenvalue weighted by molar-refractivity contribution is 0.0474. The van der Waals surface area contributed by atoms with Crippen LogP contribution in [0, 0.1) is 12.5 Å². The van der Waals surface area contributed by atoms with Crippen LogP contribution in [0.2, 0.25) is 0 Å². The number of β-amino-alcohol motifs (C(OH)–C–C–N with tert-alkyl or cyclic N) is 1. The Morgan fingerprint density at radius 1 is 1.11 bits per heavy atom. The van der Waals surface area contributed by atoms with Gasteiger partial charge in [-0.3, -0.25) is 4.79 Å². The fraction of sp³-hybridized carbons (Fsp3) is 0.517. The van der Waals surface area contributed by atoms with Gasteiger partial charge < -0.3 is 19.6 Å². The molecule has 2 heterocycles. The number of carbonyl (C=O) groups is 1. The van der Waals surface area contributed by atoms with E-state index in [0.29, 0.717) is 49.2 Å². The molecule has 2 aliphatic heterocycles. The monoisotopic (exact) mass is 493 g/mol. The number of amides is 1. The summed E-state index contributed by atoms with van der Waals surface area (Å²) in [6.07, 6.45) is 3.03. The zero-order chi connectivity index (χ0) is 25.7.